The molecule has 0 aliphatic carbocycles. The molecule has 0 aliphatic rings. The summed E-state index contributed by atoms with van der Waals surface area (Å²) in [6.07, 6.45) is 0.384. The molecule has 1 rings (SSSR count). The van der Waals surface area contributed by atoms with Gasteiger partial charge in [0.15, 0.2) is 0 Å². The monoisotopic (exact) mass is 294 g/mol. The van der Waals surface area contributed by atoms with Crippen molar-refractivity contribution in [3.8, 4) is 0 Å². The molecular formula is C16H23FN2O2. The maximum absolute atomic E-state index is 13.5. The maximum atomic E-state index is 13.5. The molecule has 0 radical (unpaired) electrons. The molecule has 0 unspecified atom stereocenters. The van der Waals surface area contributed by atoms with E-state index in [0.717, 1.165) is 0 Å². The summed E-state index contributed by atoms with van der Waals surface area (Å²) in [4.78, 5) is 24.9. The molecule has 21 heavy (non-hydrogen) atoms. The normalized spacial score (nSPS) is 11.1. The largest absolute Gasteiger partial charge is 0.350 e. The van der Waals surface area contributed by atoms with Gasteiger partial charge in [0.1, 0.15) is 5.82 Å². The molecule has 4 nitrogen and oxygen atoms in total. The fraction of sp³-hybridized carbons (Fsp3) is 0.500. The summed E-state index contributed by atoms with van der Waals surface area (Å²) in [6, 6.07) is 6.45. The van der Waals surface area contributed by atoms with Crippen LogP contribution in [0.2, 0.25) is 0 Å². The highest BCUT2D eigenvalue weighted by atomic mass is 19.1. The van der Waals surface area contributed by atoms with Crippen molar-refractivity contribution in [1.29, 1.82) is 0 Å². The fourth-order valence-electron chi connectivity index (χ4n) is 1.94. The zero-order valence-electron chi connectivity index (χ0n) is 13.1. The Morgan fingerprint density at radius 3 is 2.38 bits per heavy atom. The summed E-state index contributed by atoms with van der Waals surface area (Å²) >= 11 is 0. The third-order valence-electron chi connectivity index (χ3n) is 2.90. The van der Waals surface area contributed by atoms with Gasteiger partial charge in [-0.3, -0.25) is 9.59 Å². The van der Waals surface area contributed by atoms with Gasteiger partial charge in [0.05, 0.1) is 6.54 Å². The van der Waals surface area contributed by atoms with E-state index in [1.165, 1.54) is 17.9 Å². The highest BCUT2D eigenvalue weighted by molar-refractivity contribution is 5.84. The van der Waals surface area contributed by atoms with Crippen LogP contribution in [0, 0.1) is 5.82 Å². The van der Waals surface area contributed by atoms with E-state index < -0.39 is 0 Å². The number of rotatable bonds is 5. The topological polar surface area (TPSA) is 49.4 Å². The van der Waals surface area contributed by atoms with Crippen LogP contribution in [0.4, 0.5) is 4.39 Å². The van der Waals surface area contributed by atoms with Crippen molar-refractivity contribution in [2.24, 2.45) is 0 Å². The molecule has 1 N–H and O–H groups in total. The van der Waals surface area contributed by atoms with Gasteiger partial charge in [0.2, 0.25) is 11.8 Å². The minimum Gasteiger partial charge on any atom is -0.350 e. The van der Waals surface area contributed by atoms with E-state index >= 15 is 0 Å². The van der Waals surface area contributed by atoms with Gasteiger partial charge >= 0.3 is 0 Å². The third-order valence-corrected chi connectivity index (χ3v) is 2.90. The quantitative estimate of drug-likeness (QED) is 0.904. The number of halogens is 1. The molecule has 1 aromatic carbocycles. The predicted octanol–water partition coefficient (Wildman–Crippen LogP) is 2.13. The minimum absolute atomic E-state index is 0.0128. The first-order valence-corrected chi connectivity index (χ1v) is 6.99. The summed E-state index contributed by atoms with van der Waals surface area (Å²) in [7, 11) is 0. The van der Waals surface area contributed by atoms with Gasteiger partial charge in [-0.05, 0) is 38.8 Å². The van der Waals surface area contributed by atoms with Crippen molar-refractivity contribution in [1.82, 2.24) is 10.2 Å². The van der Waals surface area contributed by atoms with Crippen molar-refractivity contribution in [2.75, 3.05) is 13.1 Å². The highest BCUT2D eigenvalue weighted by Gasteiger charge is 2.18. The lowest BCUT2D eigenvalue weighted by Crippen LogP contribution is -2.47. The number of hydrogen-bond donors (Lipinski definition) is 1. The van der Waals surface area contributed by atoms with Crippen LogP contribution in [-0.4, -0.2) is 35.3 Å². The average molecular weight is 294 g/mol. The van der Waals surface area contributed by atoms with Crippen LogP contribution in [0.3, 0.4) is 0 Å². The molecule has 0 spiro atoms. The van der Waals surface area contributed by atoms with Gasteiger partial charge in [0, 0.05) is 19.0 Å². The van der Waals surface area contributed by atoms with Crippen LogP contribution in [0.1, 0.15) is 33.3 Å². The van der Waals surface area contributed by atoms with Crippen molar-refractivity contribution in [3.63, 3.8) is 0 Å². The van der Waals surface area contributed by atoms with Gasteiger partial charge in [0.25, 0.3) is 0 Å². The molecule has 0 atom stereocenters. The standard InChI is InChI=1S/C16H23FN2O2/c1-12(20)19(11-15(21)18-16(2,3)4)10-9-13-7-5-6-8-14(13)17/h5-8H,9-11H2,1-4H3,(H,18,21). The number of hydrogen-bond acceptors (Lipinski definition) is 2. The van der Waals surface area contributed by atoms with Gasteiger partial charge < -0.3 is 10.2 Å². The lowest BCUT2D eigenvalue weighted by Gasteiger charge is -2.25. The molecule has 0 fully saturated rings. The van der Waals surface area contributed by atoms with Crippen molar-refractivity contribution >= 4 is 11.8 Å². The summed E-state index contributed by atoms with van der Waals surface area (Å²) in [5, 5.41) is 2.81. The fourth-order valence-corrected chi connectivity index (χ4v) is 1.94. The molecule has 2 amide bonds. The number of nitrogens with zero attached hydrogens (tertiary/aromatic N) is 1. The molecule has 0 saturated carbocycles. The molecule has 1 aromatic rings. The van der Waals surface area contributed by atoms with E-state index in [-0.39, 0.29) is 29.7 Å². The molecule has 0 bridgehead atoms. The molecule has 116 valence electrons. The molecular weight excluding hydrogens is 271 g/mol. The van der Waals surface area contributed by atoms with Crippen LogP contribution < -0.4 is 5.32 Å². The smallest absolute Gasteiger partial charge is 0.240 e. The summed E-state index contributed by atoms with van der Waals surface area (Å²) in [5.41, 5.74) is 0.199. The van der Waals surface area contributed by atoms with Crippen LogP contribution in [-0.2, 0) is 16.0 Å². The Morgan fingerprint density at radius 1 is 1.24 bits per heavy atom. The number of benzene rings is 1. The molecule has 5 heteroatoms. The predicted molar refractivity (Wildman–Crippen MR) is 80.3 cm³/mol. The van der Waals surface area contributed by atoms with Crippen LogP contribution >= 0.6 is 0 Å². The number of carbonyl (C=O) groups excluding carboxylic acids is 2. The van der Waals surface area contributed by atoms with Crippen LogP contribution in [0.25, 0.3) is 0 Å². The highest BCUT2D eigenvalue weighted by Crippen LogP contribution is 2.08. The van der Waals surface area contributed by atoms with Gasteiger partial charge in [-0.15, -0.1) is 0 Å². The van der Waals surface area contributed by atoms with Crippen LogP contribution in [0.15, 0.2) is 24.3 Å². The van der Waals surface area contributed by atoms with Crippen molar-refractivity contribution in [3.05, 3.63) is 35.6 Å². The van der Waals surface area contributed by atoms with Gasteiger partial charge in [-0.2, -0.15) is 0 Å². The van der Waals surface area contributed by atoms with Crippen LogP contribution in [0.5, 0.6) is 0 Å². The third kappa shape index (κ3) is 6.38. The molecule has 0 aliphatic heterocycles. The minimum atomic E-state index is -0.342. The van der Waals surface area contributed by atoms with Crippen molar-refractivity contribution < 1.29 is 14.0 Å². The number of nitrogens with one attached hydrogen (secondary N) is 1. The average Bonchev–Trinajstić information content (AvgIpc) is 2.33. The lowest BCUT2D eigenvalue weighted by molar-refractivity contribution is -0.134. The van der Waals surface area contributed by atoms with E-state index in [4.69, 9.17) is 0 Å². The second-order valence-corrected chi connectivity index (χ2v) is 6.08. The van der Waals surface area contributed by atoms with Gasteiger partial charge in [-0.25, -0.2) is 4.39 Å². The Morgan fingerprint density at radius 2 is 1.86 bits per heavy atom. The zero-order valence-corrected chi connectivity index (χ0v) is 13.1. The SMILES string of the molecule is CC(=O)N(CCc1ccccc1F)CC(=O)NC(C)(C)C. The first-order valence-electron chi connectivity index (χ1n) is 6.99. The molecule has 0 aromatic heterocycles. The Labute approximate surface area is 125 Å². The Hall–Kier alpha value is -1.91. The Kier molecular flexibility index (Phi) is 5.88. The first kappa shape index (κ1) is 17.1. The maximum Gasteiger partial charge on any atom is 0.240 e. The van der Waals surface area contributed by atoms with E-state index in [1.807, 2.05) is 20.8 Å². The Balaban J connectivity index is 2.61. The van der Waals surface area contributed by atoms with E-state index in [9.17, 15) is 14.0 Å². The molecule has 0 saturated heterocycles. The van der Waals surface area contributed by atoms with E-state index in [1.54, 1.807) is 18.2 Å². The zero-order chi connectivity index (χ0) is 16.0. The summed E-state index contributed by atoms with van der Waals surface area (Å²) in [5.74, 6) is -0.707. The second kappa shape index (κ2) is 7.20. The molecule has 0 heterocycles. The van der Waals surface area contributed by atoms with Gasteiger partial charge in [-0.1, -0.05) is 18.2 Å². The Bertz CT molecular complexity index is 509. The second-order valence-electron chi connectivity index (χ2n) is 6.08. The number of amides is 2. The lowest BCUT2D eigenvalue weighted by atomic mass is 10.1. The summed E-state index contributed by atoms with van der Waals surface area (Å²) in [6.45, 7) is 7.34. The number of carbonyl (C=O) groups is 2. The first-order chi connectivity index (χ1) is 9.69. The van der Waals surface area contributed by atoms with Crippen molar-refractivity contribution in [2.45, 2.75) is 39.7 Å². The summed E-state index contributed by atoms with van der Waals surface area (Å²) < 4.78 is 13.5. The van der Waals surface area contributed by atoms with E-state index in [2.05, 4.69) is 5.32 Å². The van der Waals surface area contributed by atoms with E-state index in [0.29, 0.717) is 18.5 Å².